The number of aliphatic carboxylic acids is 1. The second-order valence-electron chi connectivity index (χ2n) is 5.14. The van der Waals surface area contributed by atoms with E-state index in [1.54, 1.807) is 17.3 Å². The molecule has 5 nitrogen and oxygen atoms in total. The Morgan fingerprint density at radius 3 is 2.62 bits per heavy atom. The van der Waals surface area contributed by atoms with E-state index in [1.165, 1.54) is 0 Å². The molecule has 0 radical (unpaired) electrons. The Morgan fingerprint density at radius 2 is 1.95 bits per heavy atom. The van der Waals surface area contributed by atoms with Crippen molar-refractivity contribution in [2.24, 2.45) is 0 Å². The lowest BCUT2D eigenvalue weighted by Gasteiger charge is -2.26. The van der Waals surface area contributed by atoms with Crippen LogP contribution >= 0.6 is 0 Å². The zero-order valence-corrected chi connectivity index (χ0v) is 12.1. The van der Waals surface area contributed by atoms with Gasteiger partial charge < -0.3 is 10.0 Å². The molecule has 0 fully saturated rings. The van der Waals surface area contributed by atoms with Crippen molar-refractivity contribution in [1.29, 1.82) is 0 Å². The molecule has 110 valence electrons. The molecule has 0 aliphatic rings. The molecule has 0 saturated heterocycles. The third-order valence-electron chi connectivity index (χ3n) is 3.35. The minimum atomic E-state index is -0.913. The Morgan fingerprint density at radius 1 is 1.24 bits per heavy atom. The first-order valence-corrected chi connectivity index (χ1v) is 6.86. The van der Waals surface area contributed by atoms with Gasteiger partial charge in [-0.15, -0.1) is 0 Å². The summed E-state index contributed by atoms with van der Waals surface area (Å²) in [5.74, 6) is -1.10. The number of benzene rings is 1. The number of carboxylic acid groups (broad SMARTS) is 1. The normalized spacial score (nSPS) is 10.8. The molecule has 5 heteroatoms. The van der Waals surface area contributed by atoms with E-state index in [2.05, 4.69) is 4.98 Å². The van der Waals surface area contributed by atoms with E-state index in [0.29, 0.717) is 5.56 Å². The summed E-state index contributed by atoms with van der Waals surface area (Å²) in [7, 11) is 0. The van der Waals surface area contributed by atoms with Crippen LogP contribution in [0.4, 0.5) is 0 Å². The molecule has 1 aromatic carbocycles. The largest absolute Gasteiger partial charge is 0.481 e. The summed E-state index contributed by atoms with van der Waals surface area (Å²) in [5.41, 5.74) is 0.507. The summed E-state index contributed by atoms with van der Waals surface area (Å²) >= 11 is 0. The van der Waals surface area contributed by atoms with Crippen LogP contribution in [0.1, 0.15) is 30.6 Å². The first-order valence-electron chi connectivity index (χ1n) is 6.86. The van der Waals surface area contributed by atoms with E-state index in [1.807, 2.05) is 38.1 Å². The molecule has 1 amide bonds. The highest BCUT2D eigenvalue weighted by Gasteiger charge is 2.21. The highest BCUT2D eigenvalue weighted by Crippen LogP contribution is 2.19. The van der Waals surface area contributed by atoms with Gasteiger partial charge in [0.15, 0.2) is 0 Å². The number of aromatic nitrogens is 1. The molecular formula is C16H18N2O3. The van der Waals surface area contributed by atoms with Gasteiger partial charge in [-0.2, -0.15) is 0 Å². The quantitative estimate of drug-likeness (QED) is 0.917. The summed E-state index contributed by atoms with van der Waals surface area (Å²) in [6.45, 7) is 3.94. The van der Waals surface area contributed by atoms with E-state index >= 15 is 0 Å². The molecule has 0 saturated carbocycles. The van der Waals surface area contributed by atoms with Crippen LogP contribution in [0.15, 0.2) is 36.7 Å². The molecule has 0 aliphatic heterocycles. The predicted molar refractivity (Wildman–Crippen MR) is 80.2 cm³/mol. The van der Waals surface area contributed by atoms with Gasteiger partial charge in [-0.3, -0.25) is 14.6 Å². The SMILES string of the molecule is CC(C)N(CCC(=O)O)C(=O)c1cncc2ccccc12. The Kier molecular flexibility index (Phi) is 4.52. The molecule has 0 atom stereocenters. The summed E-state index contributed by atoms with van der Waals surface area (Å²) in [4.78, 5) is 29.1. The van der Waals surface area contributed by atoms with Crippen LogP contribution in [-0.2, 0) is 4.79 Å². The Labute approximate surface area is 123 Å². The molecule has 0 unspecified atom stereocenters. The fraction of sp³-hybridized carbons (Fsp3) is 0.312. The van der Waals surface area contributed by atoms with Gasteiger partial charge in [0.05, 0.1) is 12.0 Å². The van der Waals surface area contributed by atoms with Crippen LogP contribution in [0, 0.1) is 0 Å². The van der Waals surface area contributed by atoms with Crippen LogP contribution in [0.5, 0.6) is 0 Å². The lowest BCUT2D eigenvalue weighted by molar-refractivity contribution is -0.137. The lowest BCUT2D eigenvalue weighted by atomic mass is 10.1. The molecule has 1 N–H and O–H groups in total. The fourth-order valence-electron chi connectivity index (χ4n) is 2.25. The number of carbonyl (C=O) groups excluding carboxylic acids is 1. The Hall–Kier alpha value is -2.43. The van der Waals surface area contributed by atoms with Crippen LogP contribution in [-0.4, -0.2) is 39.5 Å². The second-order valence-corrected chi connectivity index (χ2v) is 5.14. The molecule has 1 aromatic heterocycles. The van der Waals surface area contributed by atoms with Crippen molar-refractivity contribution in [3.63, 3.8) is 0 Å². The first kappa shape index (κ1) is 15.0. The monoisotopic (exact) mass is 286 g/mol. The lowest BCUT2D eigenvalue weighted by Crippen LogP contribution is -2.38. The maximum absolute atomic E-state index is 12.7. The van der Waals surface area contributed by atoms with Gasteiger partial charge in [-0.25, -0.2) is 0 Å². The fourth-order valence-corrected chi connectivity index (χ4v) is 2.25. The van der Waals surface area contributed by atoms with Crippen molar-refractivity contribution in [2.45, 2.75) is 26.3 Å². The zero-order chi connectivity index (χ0) is 15.4. The van der Waals surface area contributed by atoms with Crippen LogP contribution in [0.3, 0.4) is 0 Å². The number of pyridine rings is 1. The van der Waals surface area contributed by atoms with Gasteiger partial charge >= 0.3 is 5.97 Å². The van der Waals surface area contributed by atoms with Gasteiger partial charge in [0.2, 0.25) is 0 Å². The third kappa shape index (κ3) is 3.37. The van der Waals surface area contributed by atoms with Gasteiger partial charge in [0, 0.05) is 30.4 Å². The molecule has 21 heavy (non-hydrogen) atoms. The first-order chi connectivity index (χ1) is 10.0. The average molecular weight is 286 g/mol. The van der Waals surface area contributed by atoms with Crippen molar-refractivity contribution < 1.29 is 14.7 Å². The van der Waals surface area contributed by atoms with Gasteiger partial charge in [-0.1, -0.05) is 24.3 Å². The van der Waals surface area contributed by atoms with E-state index in [9.17, 15) is 9.59 Å². The van der Waals surface area contributed by atoms with E-state index in [-0.39, 0.29) is 24.9 Å². The van der Waals surface area contributed by atoms with Gasteiger partial charge in [0.25, 0.3) is 5.91 Å². The number of fused-ring (bicyclic) bond motifs is 1. The molecule has 2 rings (SSSR count). The standard InChI is InChI=1S/C16H18N2O3/c1-11(2)18(8-7-15(19)20)16(21)14-10-17-9-12-5-3-4-6-13(12)14/h3-6,9-11H,7-8H2,1-2H3,(H,19,20). The molecule has 0 aliphatic carbocycles. The van der Waals surface area contributed by atoms with Crippen LogP contribution < -0.4 is 0 Å². The van der Waals surface area contributed by atoms with Crippen molar-refractivity contribution in [2.75, 3.05) is 6.54 Å². The van der Waals surface area contributed by atoms with Gasteiger partial charge in [-0.05, 0) is 19.2 Å². The van der Waals surface area contributed by atoms with Crippen molar-refractivity contribution in [1.82, 2.24) is 9.88 Å². The number of carbonyl (C=O) groups is 2. The highest BCUT2D eigenvalue weighted by molar-refractivity contribution is 6.06. The van der Waals surface area contributed by atoms with Gasteiger partial charge in [0.1, 0.15) is 0 Å². The maximum atomic E-state index is 12.7. The molecule has 0 bridgehead atoms. The minimum Gasteiger partial charge on any atom is -0.481 e. The molecular weight excluding hydrogens is 268 g/mol. The summed E-state index contributed by atoms with van der Waals surface area (Å²) in [5, 5.41) is 10.5. The Bertz CT molecular complexity index is 662. The highest BCUT2D eigenvalue weighted by atomic mass is 16.4. The topological polar surface area (TPSA) is 70.5 Å². The number of carboxylic acids is 1. The van der Waals surface area contributed by atoms with Crippen molar-refractivity contribution in [3.05, 3.63) is 42.2 Å². The average Bonchev–Trinajstić information content (AvgIpc) is 2.46. The molecule has 0 spiro atoms. The number of hydrogen-bond acceptors (Lipinski definition) is 3. The predicted octanol–water partition coefficient (Wildman–Crippen LogP) is 2.56. The van der Waals surface area contributed by atoms with Crippen LogP contribution in [0.25, 0.3) is 10.8 Å². The number of hydrogen-bond donors (Lipinski definition) is 1. The van der Waals surface area contributed by atoms with Crippen molar-refractivity contribution in [3.8, 4) is 0 Å². The molecule has 1 heterocycles. The zero-order valence-electron chi connectivity index (χ0n) is 12.1. The van der Waals surface area contributed by atoms with E-state index in [0.717, 1.165) is 10.8 Å². The van der Waals surface area contributed by atoms with E-state index in [4.69, 9.17) is 5.11 Å². The van der Waals surface area contributed by atoms with E-state index < -0.39 is 5.97 Å². The Balaban J connectivity index is 2.37. The summed E-state index contributed by atoms with van der Waals surface area (Å²) < 4.78 is 0. The minimum absolute atomic E-state index is 0.0673. The smallest absolute Gasteiger partial charge is 0.305 e. The third-order valence-corrected chi connectivity index (χ3v) is 3.35. The summed E-state index contributed by atoms with van der Waals surface area (Å²) in [6, 6.07) is 7.46. The van der Waals surface area contributed by atoms with Crippen LogP contribution in [0.2, 0.25) is 0 Å². The second kappa shape index (κ2) is 6.35. The number of amides is 1. The summed E-state index contributed by atoms with van der Waals surface area (Å²) in [6.07, 6.45) is 3.19. The maximum Gasteiger partial charge on any atom is 0.305 e. The van der Waals surface area contributed by atoms with Crippen molar-refractivity contribution >= 4 is 22.6 Å². The number of rotatable bonds is 5. The number of nitrogens with zero attached hydrogens (tertiary/aromatic N) is 2. The molecule has 2 aromatic rings.